The largest absolute Gasteiger partial charge is 0.492 e. The van der Waals surface area contributed by atoms with E-state index in [4.69, 9.17) is 4.74 Å². The van der Waals surface area contributed by atoms with E-state index in [1.54, 1.807) is 0 Å². The van der Waals surface area contributed by atoms with Crippen molar-refractivity contribution in [2.24, 2.45) is 5.92 Å². The number of fused-ring (bicyclic) bond motifs is 1. The van der Waals surface area contributed by atoms with Crippen LogP contribution in [0, 0.1) is 12.8 Å². The number of aryl methyl sites for hydroxylation is 1. The maximum Gasteiger partial charge on any atom is 0.229 e. The Morgan fingerprint density at radius 1 is 1.32 bits per heavy atom. The van der Waals surface area contributed by atoms with E-state index in [0.717, 1.165) is 49.2 Å². The van der Waals surface area contributed by atoms with Gasteiger partial charge in [0.05, 0.1) is 24.7 Å². The summed E-state index contributed by atoms with van der Waals surface area (Å²) in [5, 5.41) is 4.40. The number of piperidine rings is 1. The zero-order valence-electron chi connectivity index (χ0n) is 14.7. The molecule has 0 bridgehead atoms. The number of para-hydroxylation sites is 1. The van der Waals surface area contributed by atoms with E-state index in [0.29, 0.717) is 6.61 Å². The van der Waals surface area contributed by atoms with Crippen molar-refractivity contribution >= 4 is 5.91 Å². The Bertz CT molecular complexity index is 755. The van der Waals surface area contributed by atoms with Gasteiger partial charge in [-0.2, -0.15) is 5.10 Å². The molecule has 25 heavy (non-hydrogen) atoms. The van der Waals surface area contributed by atoms with Crippen LogP contribution in [-0.4, -0.2) is 39.8 Å². The number of carbonyl (C=O) groups is 1. The summed E-state index contributed by atoms with van der Waals surface area (Å²) in [4.78, 5) is 15.3. The van der Waals surface area contributed by atoms with Gasteiger partial charge in [0.1, 0.15) is 12.4 Å². The Hall–Kier alpha value is -2.30. The smallest absolute Gasteiger partial charge is 0.229 e. The van der Waals surface area contributed by atoms with E-state index in [1.807, 2.05) is 36.0 Å². The minimum absolute atomic E-state index is 0.0742. The minimum Gasteiger partial charge on any atom is -0.492 e. The molecule has 0 aliphatic carbocycles. The Labute approximate surface area is 148 Å². The molecule has 2 atom stereocenters. The van der Waals surface area contributed by atoms with Gasteiger partial charge in [-0.25, -0.2) is 0 Å². The van der Waals surface area contributed by atoms with Crippen molar-refractivity contribution < 1.29 is 9.53 Å². The second-order valence-electron chi connectivity index (χ2n) is 7.24. The normalized spacial score (nSPS) is 23.0. The zero-order valence-corrected chi connectivity index (χ0v) is 14.7. The summed E-state index contributed by atoms with van der Waals surface area (Å²) >= 11 is 0. The van der Waals surface area contributed by atoms with Crippen molar-refractivity contribution in [1.29, 1.82) is 0 Å². The van der Waals surface area contributed by atoms with Crippen molar-refractivity contribution in [2.75, 3.05) is 13.2 Å². The van der Waals surface area contributed by atoms with Crippen LogP contribution in [0.4, 0.5) is 0 Å². The summed E-state index contributed by atoms with van der Waals surface area (Å²) in [5.41, 5.74) is 2.30. The Balaban J connectivity index is 1.47. The van der Waals surface area contributed by atoms with Gasteiger partial charge >= 0.3 is 0 Å². The third-order valence-corrected chi connectivity index (χ3v) is 5.30. The van der Waals surface area contributed by atoms with E-state index in [2.05, 4.69) is 22.3 Å². The summed E-state index contributed by atoms with van der Waals surface area (Å²) in [6.45, 7) is 4.16. The molecule has 5 heteroatoms. The van der Waals surface area contributed by atoms with Gasteiger partial charge in [0.2, 0.25) is 5.91 Å². The molecule has 2 unspecified atom stereocenters. The van der Waals surface area contributed by atoms with Gasteiger partial charge in [0, 0.05) is 12.7 Å². The number of rotatable bonds is 3. The molecule has 0 saturated carbocycles. The molecule has 2 aliphatic rings. The topological polar surface area (TPSA) is 47.4 Å². The monoisotopic (exact) mass is 339 g/mol. The van der Waals surface area contributed by atoms with Gasteiger partial charge in [-0.15, -0.1) is 0 Å². The first kappa shape index (κ1) is 16.2. The van der Waals surface area contributed by atoms with Gasteiger partial charge in [0.25, 0.3) is 0 Å². The molecule has 132 valence electrons. The van der Waals surface area contributed by atoms with Crippen molar-refractivity contribution in [2.45, 2.75) is 45.2 Å². The lowest BCUT2D eigenvalue weighted by atomic mass is 9.93. The molecule has 1 amide bonds. The molecule has 5 nitrogen and oxygen atoms in total. The Morgan fingerprint density at radius 3 is 3.04 bits per heavy atom. The zero-order chi connectivity index (χ0) is 17.2. The maximum atomic E-state index is 13.2. The number of hydrogen-bond acceptors (Lipinski definition) is 3. The number of ether oxygens (including phenoxy) is 1. The molecule has 0 radical (unpaired) electrons. The number of carbonyl (C=O) groups excluding carboxylic acids is 1. The third kappa shape index (κ3) is 3.41. The average molecular weight is 339 g/mol. The summed E-state index contributed by atoms with van der Waals surface area (Å²) in [7, 11) is 0. The van der Waals surface area contributed by atoms with Gasteiger partial charge < -0.3 is 9.64 Å². The summed E-state index contributed by atoms with van der Waals surface area (Å²) in [5.74, 6) is 1.09. The third-order valence-electron chi connectivity index (χ3n) is 5.30. The molecular weight excluding hydrogens is 314 g/mol. The van der Waals surface area contributed by atoms with Crippen LogP contribution in [0.3, 0.4) is 0 Å². The van der Waals surface area contributed by atoms with Crippen LogP contribution < -0.4 is 4.74 Å². The van der Waals surface area contributed by atoms with Crippen LogP contribution in [0.1, 0.15) is 30.4 Å². The SMILES string of the molecule is Cc1cnn(CC2CCCCN2C(=O)C2COc3ccccc3C2)c1. The van der Waals surface area contributed by atoms with Crippen LogP contribution >= 0.6 is 0 Å². The highest BCUT2D eigenvalue weighted by Gasteiger charge is 2.34. The molecule has 4 rings (SSSR count). The lowest BCUT2D eigenvalue weighted by Gasteiger charge is -2.38. The van der Waals surface area contributed by atoms with E-state index < -0.39 is 0 Å². The van der Waals surface area contributed by atoms with Crippen molar-refractivity contribution in [1.82, 2.24) is 14.7 Å². The fraction of sp³-hybridized carbons (Fsp3) is 0.500. The number of amides is 1. The molecule has 2 aliphatic heterocycles. The second kappa shape index (κ2) is 6.90. The molecule has 0 N–H and O–H groups in total. The first-order valence-corrected chi connectivity index (χ1v) is 9.21. The summed E-state index contributed by atoms with van der Waals surface area (Å²) in [6, 6.07) is 8.28. The first-order chi connectivity index (χ1) is 12.2. The van der Waals surface area contributed by atoms with E-state index in [9.17, 15) is 4.79 Å². The maximum absolute atomic E-state index is 13.2. The molecule has 1 aromatic carbocycles. The number of hydrogen-bond donors (Lipinski definition) is 0. The summed E-state index contributed by atoms with van der Waals surface area (Å²) < 4.78 is 7.81. The molecule has 0 spiro atoms. The first-order valence-electron chi connectivity index (χ1n) is 9.21. The van der Waals surface area contributed by atoms with Crippen LogP contribution in [0.15, 0.2) is 36.7 Å². The average Bonchev–Trinajstić information content (AvgIpc) is 3.06. The highest BCUT2D eigenvalue weighted by Crippen LogP contribution is 2.29. The van der Waals surface area contributed by atoms with Gasteiger partial charge in [-0.1, -0.05) is 18.2 Å². The van der Waals surface area contributed by atoms with Crippen molar-refractivity contribution in [3.05, 3.63) is 47.8 Å². The number of benzene rings is 1. The Morgan fingerprint density at radius 2 is 2.20 bits per heavy atom. The highest BCUT2D eigenvalue weighted by atomic mass is 16.5. The number of aromatic nitrogens is 2. The van der Waals surface area contributed by atoms with Crippen LogP contribution in [-0.2, 0) is 17.8 Å². The quantitative estimate of drug-likeness (QED) is 0.864. The number of likely N-dealkylation sites (tertiary alicyclic amines) is 1. The van der Waals surface area contributed by atoms with Gasteiger partial charge in [-0.3, -0.25) is 9.48 Å². The molecule has 3 heterocycles. The number of nitrogens with zero attached hydrogens (tertiary/aromatic N) is 3. The standard InChI is InChI=1S/C20H25N3O2/c1-15-11-21-22(12-15)13-18-7-4-5-9-23(18)20(24)17-10-16-6-2-3-8-19(16)25-14-17/h2-3,6,8,11-12,17-18H,4-5,7,9-10,13-14H2,1H3. The van der Waals surface area contributed by atoms with Crippen LogP contribution in [0.25, 0.3) is 0 Å². The minimum atomic E-state index is -0.0742. The van der Waals surface area contributed by atoms with Crippen molar-refractivity contribution in [3.8, 4) is 5.75 Å². The fourth-order valence-electron chi connectivity index (χ4n) is 3.98. The van der Waals surface area contributed by atoms with E-state index >= 15 is 0 Å². The van der Waals surface area contributed by atoms with Crippen molar-refractivity contribution in [3.63, 3.8) is 0 Å². The van der Waals surface area contributed by atoms with Gasteiger partial charge in [0.15, 0.2) is 0 Å². The van der Waals surface area contributed by atoms with Crippen LogP contribution in [0.5, 0.6) is 5.75 Å². The lowest BCUT2D eigenvalue weighted by molar-refractivity contribution is -0.141. The van der Waals surface area contributed by atoms with E-state index in [1.165, 1.54) is 6.42 Å². The highest BCUT2D eigenvalue weighted by molar-refractivity contribution is 5.80. The molecule has 2 aromatic rings. The van der Waals surface area contributed by atoms with Crippen LogP contribution in [0.2, 0.25) is 0 Å². The molecule has 1 aromatic heterocycles. The Kier molecular flexibility index (Phi) is 4.47. The predicted octanol–water partition coefficient (Wildman–Crippen LogP) is 2.82. The summed E-state index contributed by atoms with van der Waals surface area (Å²) in [6.07, 6.45) is 8.02. The predicted molar refractivity (Wildman–Crippen MR) is 95.4 cm³/mol. The molecular formula is C20H25N3O2. The lowest BCUT2D eigenvalue weighted by Crippen LogP contribution is -2.50. The molecule has 1 saturated heterocycles. The molecule has 1 fully saturated rings. The second-order valence-corrected chi connectivity index (χ2v) is 7.24. The van der Waals surface area contributed by atoms with Gasteiger partial charge in [-0.05, 0) is 49.8 Å². The fourth-order valence-corrected chi connectivity index (χ4v) is 3.98. The van der Waals surface area contributed by atoms with E-state index in [-0.39, 0.29) is 17.9 Å².